The zero-order chi connectivity index (χ0) is 16.7. The first-order valence-corrected chi connectivity index (χ1v) is 7.41. The van der Waals surface area contributed by atoms with Crippen molar-refractivity contribution in [2.75, 3.05) is 5.32 Å². The fraction of sp³-hybridized carbons (Fsp3) is 0.312. The number of Topliss-reactive ketones (excluding diaryl/α,β-unsaturated/α-hetero) is 1. The molecule has 0 saturated carbocycles. The van der Waals surface area contributed by atoms with E-state index < -0.39 is 17.5 Å². The third kappa shape index (κ3) is 3.43. The Morgan fingerprint density at radius 2 is 1.64 bits per heavy atom. The smallest absolute Gasteiger partial charge is 0.379 e. The van der Waals surface area contributed by atoms with Gasteiger partial charge in [-0.25, -0.2) is 0 Å². The Morgan fingerprint density at radius 3 is 2.14 bits per heavy atom. The van der Waals surface area contributed by atoms with Crippen molar-refractivity contribution in [2.24, 2.45) is 0 Å². The molecule has 0 aromatic heterocycles. The molecule has 0 aliphatic heterocycles. The van der Waals surface area contributed by atoms with Crippen molar-refractivity contribution < 1.29 is 18.0 Å². The first-order valence-electron chi connectivity index (χ1n) is 6.61. The van der Waals surface area contributed by atoms with Crippen LogP contribution in [0.2, 0.25) is 0 Å². The number of hydrogen-bond acceptors (Lipinski definition) is 2. The summed E-state index contributed by atoms with van der Waals surface area (Å²) < 4.78 is 39.1. The fourth-order valence-electron chi connectivity index (χ4n) is 2.17. The molecule has 1 N–H and O–H groups in total. The number of rotatable bonds is 2. The molecule has 0 atom stereocenters. The van der Waals surface area contributed by atoms with Gasteiger partial charge in [-0.3, -0.25) is 4.79 Å². The molecule has 0 bridgehead atoms. The Balaban J connectivity index is 2.79. The van der Waals surface area contributed by atoms with Crippen molar-refractivity contribution in [1.82, 2.24) is 0 Å². The van der Waals surface area contributed by atoms with Crippen LogP contribution in [0.3, 0.4) is 0 Å². The Morgan fingerprint density at radius 1 is 1.09 bits per heavy atom. The van der Waals surface area contributed by atoms with E-state index in [1.807, 2.05) is 20.8 Å². The molecule has 0 aliphatic carbocycles. The molecule has 0 heterocycles. The molecule has 2 aromatic rings. The van der Waals surface area contributed by atoms with Crippen molar-refractivity contribution in [1.29, 1.82) is 0 Å². The fourth-order valence-corrected chi connectivity index (χ4v) is 2.75. The Bertz CT molecular complexity index is 732. The lowest BCUT2D eigenvalue weighted by Crippen LogP contribution is -2.30. The Kier molecular flexibility index (Phi) is 4.26. The van der Waals surface area contributed by atoms with E-state index >= 15 is 0 Å². The standard InChI is InChI=1S/C16H15BrF3NO/c1-15(2,3)21-13-10-7-5-4-6-9(10)12(17)8-11(13)14(22)16(18,19)20/h4-8,21H,1-3H3. The summed E-state index contributed by atoms with van der Waals surface area (Å²) in [6, 6.07) is 8.23. The molecular formula is C16H15BrF3NO. The summed E-state index contributed by atoms with van der Waals surface area (Å²) in [5.41, 5.74) is -0.668. The highest BCUT2D eigenvalue weighted by Crippen LogP contribution is 2.37. The molecule has 6 heteroatoms. The zero-order valence-corrected chi connectivity index (χ0v) is 13.9. The Labute approximate surface area is 134 Å². The van der Waals surface area contributed by atoms with Gasteiger partial charge in [0.25, 0.3) is 5.78 Å². The van der Waals surface area contributed by atoms with Gasteiger partial charge in [0, 0.05) is 15.4 Å². The van der Waals surface area contributed by atoms with Gasteiger partial charge in [0.2, 0.25) is 0 Å². The average molecular weight is 374 g/mol. The van der Waals surface area contributed by atoms with Crippen LogP contribution >= 0.6 is 15.9 Å². The average Bonchev–Trinajstić information content (AvgIpc) is 2.39. The summed E-state index contributed by atoms with van der Waals surface area (Å²) >= 11 is 3.25. The number of nitrogens with one attached hydrogen (secondary N) is 1. The van der Waals surface area contributed by atoms with Gasteiger partial charge in [0.05, 0.1) is 11.3 Å². The van der Waals surface area contributed by atoms with Gasteiger partial charge in [0.15, 0.2) is 0 Å². The maximum atomic E-state index is 12.9. The number of alkyl halides is 3. The SMILES string of the molecule is CC(C)(C)Nc1c(C(=O)C(F)(F)F)cc(Br)c2ccccc12. The lowest BCUT2D eigenvalue weighted by molar-refractivity contribution is -0.0884. The van der Waals surface area contributed by atoms with Gasteiger partial charge < -0.3 is 5.32 Å². The molecule has 2 nitrogen and oxygen atoms in total. The highest BCUT2D eigenvalue weighted by molar-refractivity contribution is 9.10. The topological polar surface area (TPSA) is 29.1 Å². The van der Waals surface area contributed by atoms with Gasteiger partial charge in [-0.15, -0.1) is 0 Å². The predicted octanol–water partition coefficient (Wildman–Crippen LogP) is 5.56. The summed E-state index contributed by atoms with van der Waals surface area (Å²) in [7, 11) is 0. The number of carbonyl (C=O) groups excluding carboxylic acids is 1. The van der Waals surface area contributed by atoms with Crippen LogP contribution in [0.1, 0.15) is 31.1 Å². The van der Waals surface area contributed by atoms with E-state index in [2.05, 4.69) is 21.2 Å². The van der Waals surface area contributed by atoms with E-state index in [4.69, 9.17) is 0 Å². The molecule has 22 heavy (non-hydrogen) atoms. The molecule has 0 saturated heterocycles. The number of fused-ring (bicyclic) bond motifs is 1. The Hall–Kier alpha value is -1.56. The van der Waals surface area contributed by atoms with Gasteiger partial charge in [-0.2, -0.15) is 13.2 Å². The lowest BCUT2D eigenvalue weighted by atomic mass is 9.98. The largest absolute Gasteiger partial charge is 0.454 e. The quantitative estimate of drug-likeness (QED) is 0.698. The summed E-state index contributed by atoms with van der Waals surface area (Å²) in [6.07, 6.45) is -4.92. The van der Waals surface area contributed by atoms with Gasteiger partial charge in [-0.05, 0) is 32.2 Å². The van der Waals surface area contributed by atoms with Crippen LogP contribution in [-0.2, 0) is 0 Å². The number of ketones is 1. The van der Waals surface area contributed by atoms with Crippen molar-refractivity contribution in [3.05, 3.63) is 40.4 Å². The second kappa shape index (κ2) is 5.57. The number of benzene rings is 2. The molecule has 0 amide bonds. The molecule has 0 spiro atoms. The van der Waals surface area contributed by atoms with E-state index in [-0.39, 0.29) is 11.3 Å². The van der Waals surface area contributed by atoms with Crippen molar-refractivity contribution >= 4 is 38.2 Å². The van der Waals surface area contributed by atoms with E-state index in [0.717, 1.165) is 5.39 Å². The minimum atomic E-state index is -4.92. The summed E-state index contributed by atoms with van der Waals surface area (Å²) in [5, 5.41) is 4.34. The van der Waals surface area contributed by atoms with Crippen molar-refractivity contribution in [3.8, 4) is 0 Å². The molecule has 0 unspecified atom stereocenters. The first kappa shape index (κ1) is 16.8. The van der Waals surface area contributed by atoms with Crippen LogP contribution in [0.25, 0.3) is 10.8 Å². The van der Waals surface area contributed by atoms with E-state index in [1.54, 1.807) is 24.3 Å². The maximum absolute atomic E-state index is 12.9. The minimum absolute atomic E-state index is 0.202. The van der Waals surface area contributed by atoms with Crippen LogP contribution in [-0.4, -0.2) is 17.5 Å². The monoisotopic (exact) mass is 373 g/mol. The molecule has 0 radical (unpaired) electrons. The van der Waals surface area contributed by atoms with Crippen molar-refractivity contribution in [2.45, 2.75) is 32.5 Å². The van der Waals surface area contributed by atoms with Gasteiger partial charge in [0.1, 0.15) is 0 Å². The number of halogens is 4. The van der Waals surface area contributed by atoms with Gasteiger partial charge >= 0.3 is 6.18 Å². The van der Waals surface area contributed by atoms with Crippen LogP contribution in [0.15, 0.2) is 34.8 Å². The summed E-state index contributed by atoms with van der Waals surface area (Å²) in [6.45, 7) is 5.48. The van der Waals surface area contributed by atoms with E-state index in [0.29, 0.717) is 9.86 Å². The molecule has 118 valence electrons. The number of carbonyl (C=O) groups is 1. The van der Waals surface area contributed by atoms with Crippen LogP contribution in [0, 0.1) is 0 Å². The molecule has 0 aliphatic rings. The molecular weight excluding hydrogens is 359 g/mol. The van der Waals surface area contributed by atoms with Crippen LogP contribution in [0.4, 0.5) is 18.9 Å². The van der Waals surface area contributed by atoms with Gasteiger partial charge in [-0.1, -0.05) is 40.2 Å². The molecule has 2 rings (SSSR count). The third-order valence-electron chi connectivity index (χ3n) is 3.00. The third-order valence-corrected chi connectivity index (χ3v) is 3.65. The number of hydrogen-bond donors (Lipinski definition) is 1. The van der Waals surface area contributed by atoms with E-state index in [9.17, 15) is 18.0 Å². The lowest BCUT2D eigenvalue weighted by Gasteiger charge is -2.26. The second-order valence-electron chi connectivity index (χ2n) is 6.03. The molecule has 0 fully saturated rings. The first-order chi connectivity index (χ1) is 10.0. The van der Waals surface area contributed by atoms with Crippen LogP contribution in [0.5, 0.6) is 0 Å². The normalized spacial score (nSPS) is 12.5. The summed E-state index contributed by atoms with van der Waals surface area (Å²) in [4.78, 5) is 11.8. The second-order valence-corrected chi connectivity index (χ2v) is 6.88. The highest BCUT2D eigenvalue weighted by atomic mass is 79.9. The van der Waals surface area contributed by atoms with Crippen LogP contribution < -0.4 is 5.32 Å². The molecule has 2 aromatic carbocycles. The zero-order valence-electron chi connectivity index (χ0n) is 12.3. The van der Waals surface area contributed by atoms with Crippen molar-refractivity contribution in [3.63, 3.8) is 0 Å². The summed E-state index contributed by atoms with van der Waals surface area (Å²) in [5.74, 6) is -1.86. The maximum Gasteiger partial charge on any atom is 0.454 e. The highest BCUT2D eigenvalue weighted by Gasteiger charge is 2.41. The number of anilines is 1. The predicted molar refractivity (Wildman–Crippen MR) is 85.4 cm³/mol. The van der Waals surface area contributed by atoms with E-state index in [1.165, 1.54) is 6.07 Å². The minimum Gasteiger partial charge on any atom is -0.379 e.